The summed E-state index contributed by atoms with van der Waals surface area (Å²) in [6, 6.07) is 8.23. The van der Waals surface area contributed by atoms with Crippen molar-refractivity contribution in [2.75, 3.05) is 13.7 Å². The molecule has 0 saturated heterocycles. The minimum absolute atomic E-state index is 0.333. The molecule has 0 heterocycles. The largest absolute Gasteiger partial charge is 0.466 e. The number of nitrogens with one attached hydrogen (secondary N) is 1. The molecule has 3 nitrogen and oxygen atoms in total. The maximum atomic E-state index is 11.1. The van der Waals surface area contributed by atoms with E-state index in [4.69, 9.17) is 0 Å². The van der Waals surface area contributed by atoms with Crippen LogP contribution in [-0.4, -0.2) is 19.6 Å². The first-order valence-corrected chi connectivity index (χ1v) is 8.83. The van der Waals surface area contributed by atoms with Gasteiger partial charge in [0.15, 0.2) is 0 Å². The molecule has 0 bridgehead atoms. The Bertz CT molecular complexity index is 574. The normalized spacial score (nSPS) is 21.2. The van der Waals surface area contributed by atoms with Gasteiger partial charge in [-0.1, -0.05) is 49.8 Å². The average Bonchev–Trinajstić information content (AvgIpc) is 2.60. The van der Waals surface area contributed by atoms with Crippen molar-refractivity contribution in [1.82, 2.24) is 5.32 Å². The third-order valence-corrected chi connectivity index (χ3v) is 4.75. The summed E-state index contributed by atoms with van der Waals surface area (Å²) in [5.74, 6) is 1.21. The molecule has 1 fully saturated rings. The van der Waals surface area contributed by atoms with Crippen LogP contribution in [0.2, 0.25) is 0 Å². The summed E-state index contributed by atoms with van der Waals surface area (Å²) in [5, 5.41) is 3.58. The topological polar surface area (TPSA) is 38.3 Å². The number of carbonyl (C=O) groups is 1. The number of ether oxygens (including phenoxy) is 1. The van der Waals surface area contributed by atoms with Crippen molar-refractivity contribution in [3.63, 3.8) is 0 Å². The highest BCUT2D eigenvalue weighted by molar-refractivity contribution is 5.86. The average molecular weight is 327 g/mol. The predicted molar refractivity (Wildman–Crippen MR) is 99.5 cm³/mol. The van der Waals surface area contributed by atoms with E-state index in [0.717, 1.165) is 30.5 Å². The van der Waals surface area contributed by atoms with Gasteiger partial charge in [0.2, 0.25) is 0 Å². The molecule has 0 amide bonds. The number of rotatable bonds is 7. The summed E-state index contributed by atoms with van der Waals surface area (Å²) < 4.78 is 4.59. The summed E-state index contributed by atoms with van der Waals surface area (Å²) in [6.07, 6.45) is 8.17. The van der Waals surface area contributed by atoms with Crippen molar-refractivity contribution in [2.45, 2.75) is 39.2 Å². The van der Waals surface area contributed by atoms with E-state index in [9.17, 15) is 4.79 Å². The van der Waals surface area contributed by atoms with E-state index in [-0.39, 0.29) is 5.97 Å². The standard InChI is InChI=1S/C21H29NO2/c1-4-17-11-16(2)12-20(13-17)15-22-14-19-7-5-18(6-8-19)9-10-21(23)24-3/h5-10,17,20,22H,2,4,11-15H2,1,3H3/b10-9+. The van der Waals surface area contributed by atoms with E-state index in [1.807, 2.05) is 12.1 Å². The van der Waals surface area contributed by atoms with Gasteiger partial charge in [-0.05, 0) is 54.8 Å². The molecule has 0 aliphatic heterocycles. The van der Waals surface area contributed by atoms with Crippen LogP contribution in [0.3, 0.4) is 0 Å². The number of carbonyl (C=O) groups excluding carboxylic acids is 1. The van der Waals surface area contributed by atoms with E-state index in [1.54, 1.807) is 6.08 Å². The van der Waals surface area contributed by atoms with Crippen LogP contribution in [0.25, 0.3) is 6.08 Å². The number of esters is 1. The van der Waals surface area contributed by atoms with Crippen molar-refractivity contribution in [1.29, 1.82) is 0 Å². The lowest BCUT2D eigenvalue weighted by Crippen LogP contribution is -2.27. The summed E-state index contributed by atoms with van der Waals surface area (Å²) >= 11 is 0. The summed E-state index contributed by atoms with van der Waals surface area (Å²) in [4.78, 5) is 11.1. The second-order valence-corrected chi connectivity index (χ2v) is 6.76. The number of allylic oxidation sites excluding steroid dienone is 1. The molecule has 1 N–H and O–H groups in total. The minimum atomic E-state index is -0.333. The summed E-state index contributed by atoms with van der Waals surface area (Å²) in [7, 11) is 1.38. The fraction of sp³-hybridized carbons (Fsp3) is 0.476. The molecule has 0 radical (unpaired) electrons. The first kappa shape index (κ1) is 18.5. The van der Waals surface area contributed by atoms with Gasteiger partial charge < -0.3 is 10.1 Å². The molecule has 2 atom stereocenters. The lowest BCUT2D eigenvalue weighted by atomic mass is 9.78. The predicted octanol–water partition coefficient (Wildman–Crippen LogP) is 4.34. The van der Waals surface area contributed by atoms with E-state index < -0.39 is 0 Å². The Morgan fingerprint density at radius 1 is 1.29 bits per heavy atom. The van der Waals surface area contributed by atoms with Crippen LogP contribution in [-0.2, 0) is 16.1 Å². The molecule has 2 rings (SSSR count). The van der Waals surface area contributed by atoms with Crippen LogP contribution in [0.1, 0.15) is 43.7 Å². The SMILES string of the molecule is C=C1CC(CC)CC(CNCc2ccc(/C=C/C(=O)OC)cc2)C1. The lowest BCUT2D eigenvalue weighted by Gasteiger charge is -2.30. The van der Waals surface area contributed by atoms with Gasteiger partial charge in [-0.15, -0.1) is 0 Å². The molecular formula is C21H29NO2. The first-order valence-electron chi connectivity index (χ1n) is 8.83. The maximum Gasteiger partial charge on any atom is 0.330 e. The molecule has 0 aromatic heterocycles. The van der Waals surface area contributed by atoms with E-state index >= 15 is 0 Å². The maximum absolute atomic E-state index is 11.1. The number of methoxy groups -OCH3 is 1. The molecule has 1 aliphatic rings. The Morgan fingerprint density at radius 2 is 2.00 bits per heavy atom. The number of benzene rings is 1. The third kappa shape index (κ3) is 5.97. The lowest BCUT2D eigenvalue weighted by molar-refractivity contribution is -0.134. The number of hydrogen-bond donors (Lipinski definition) is 1. The van der Waals surface area contributed by atoms with E-state index in [0.29, 0.717) is 0 Å². The van der Waals surface area contributed by atoms with Crippen LogP contribution < -0.4 is 5.32 Å². The Balaban J connectivity index is 1.77. The molecule has 2 unspecified atom stereocenters. The highest BCUT2D eigenvalue weighted by Crippen LogP contribution is 2.33. The molecule has 1 aromatic rings. The molecule has 1 aliphatic carbocycles. The first-order chi connectivity index (χ1) is 11.6. The highest BCUT2D eigenvalue weighted by Gasteiger charge is 2.22. The van der Waals surface area contributed by atoms with Gasteiger partial charge in [-0.2, -0.15) is 0 Å². The van der Waals surface area contributed by atoms with Gasteiger partial charge in [-0.25, -0.2) is 4.79 Å². The quantitative estimate of drug-likeness (QED) is 0.460. The zero-order valence-electron chi connectivity index (χ0n) is 14.9. The summed E-state index contributed by atoms with van der Waals surface area (Å²) in [6.45, 7) is 8.42. The van der Waals surface area contributed by atoms with Crippen LogP contribution in [0, 0.1) is 11.8 Å². The second kappa shape index (κ2) is 9.43. The van der Waals surface area contributed by atoms with Crippen molar-refractivity contribution < 1.29 is 9.53 Å². The van der Waals surface area contributed by atoms with Crippen molar-refractivity contribution >= 4 is 12.0 Å². The van der Waals surface area contributed by atoms with Crippen molar-refractivity contribution in [2.24, 2.45) is 11.8 Å². The fourth-order valence-electron chi connectivity index (χ4n) is 3.40. The number of hydrogen-bond acceptors (Lipinski definition) is 3. The molecule has 1 saturated carbocycles. The van der Waals surface area contributed by atoms with Crippen LogP contribution in [0.5, 0.6) is 0 Å². The molecule has 24 heavy (non-hydrogen) atoms. The van der Waals surface area contributed by atoms with Gasteiger partial charge >= 0.3 is 5.97 Å². The van der Waals surface area contributed by atoms with Crippen LogP contribution in [0.15, 0.2) is 42.5 Å². The smallest absolute Gasteiger partial charge is 0.330 e. The Labute approximate surface area is 145 Å². The van der Waals surface area contributed by atoms with Gasteiger partial charge in [-0.3, -0.25) is 0 Å². The zero-order chi connectivity index (χ0) is 17.4. The monoisotopic (exact) mass is 327 g/mol. The van der Waals surface area contributed by atoms with Crippen LogP contribution >= 0.6 is 0 Å². The van der Waals surface area contributed by atoms with Gasteiger partial charge in [0, 0.05) is 12.6 Å². The van der Waals surface area contributed by atoms with E-state index in [1.165, 1.54) is 50.0 Å². The Kier molecular flexibility index (Phi) is 7.26. The second-order valence-electron chi connectivity index (χ2n) is 6.76. The molecule has 0 spiro atoms. The van der Waals surface area contributed by atoms with E-state index in [2.05, 4.69) is 35.7 Å². The Morgan fingerprint density at radius 3 is 2.67 bits per heavy atom. The van der Waals surface area contributed by atoms with Gasteiger partial charge in [0.25, 0.3) is 0 Å². The van der Waals surface area contributed by atoms with Crippen molar-refractivity contribution in [3.05, 3.63) is 53.6 Å². The third-order valence-electron chi connectivity index (χ3n) is 4.75. The van der Waals surface area contributed by atoms with Crippen molar-refractivity contribution in [3.8, 4) is 0 Å². The molecule has 1 aromatic carbocycles. The van der Waals surface area contributed by atoms with Gasteiger partial charge in [0.1, 0.15) is 0 Å². The zero-order valence-corrected chi connectivity index (χ0v) is 14.9. The van der Waals surface area contributed by atoms with Crippen LogP contribution in [0.4, 0.5) is 0 Å². The molecule has 130 valence electrons. The fourth-order valence-corrected chi connectivity index (χ4v) is 3.40. The Hall–Kier alpha value is -1.87. The van der Waals surface area contributed by atoms with Gasteiger partial charge in [0.05, 0.1) is 7.11 Å². The summed E-state index contributed by atoms with van der Waals surface area (Å²) in [5.41, 5.74) is 3.67. The molecular weight excluding hydrogens is 298 g/mol. The molecule has 3 heteroatoms. The highest BCUT2D eigenvalue weighted by atomic mass is 16.5. The minimum Gasteiger partial charge on any atom is -0.466 e.